The van der Waals surface area contributed by atoms with Crippen LogP contribution in [0, 0.1) is 0 Å². The molecule has 4 nitrogen and oxygen atoms in total. The Morgan fingerprint density at radius 3 is 0.750 bits per heavy atom. The summed E-state index contributed by atoms with van der Waals surface area (Å²) < 4.78 is 0. The third kappa shape index (κ3) is 2.90. The molecule has 24 heavy (non-hydrogen) atoms. The summed E-state index contributed by atoms with van der Waals surface area (Å²) in [5, 5.41) is 4.10. The molecular formula is C20H20N4. The third-order valence-electron chi connectivity index (χ3n) is 3.98. The van der Waals surface area contributed by atoms with Crippen LogP contribution >= 0.6 is 0 Å². The second kappa shape index (κ2) is 6.38. The fourth-order valence-electron chi connectivity index (χ4n) is 2.69. The number of hydrogen-bond donors (Lipinski definition) is 4. The minimum atomic E-state index is 0.778. The Bertz CT molecular complexity index is 844. The van der Waals surface area contributed by atoms with Gasteiger partial charge in [0.15, 0.2) is 0 Å². The van der Waals surface area contributed by atoms with Gasteiger partial charge in [0.2, 0.25) is 0 Å². The van der Waals surface area contributed by atoms with Crippen molar-refractivity contribution in [3.8, 4) is 0 Å². The van der Waals surface area contributed by atoms with Crippen LogP contribution in [0.25, 0.3) is 21.5 Å². The molecule has 0 saturated carbocycles. The minimum Gasteiger partial charge on any atom is -0.398 e. The Hall–Kier alpha value is -3.40. The fourth-order valence-corrected chi connectivity index (χ4v) is 2.69. The Balaban J connectivity index is 0.000000141. The van der Waals surface area contributed by atoms with Gasteiger partial charge in [0.25, 0.3) is 0 Å². The lowest BCUT2D eigenvalue weighted by Crippen LogP contribution is -1.91. The van der Waals surface area contributed by atoms with Gasteiger partial charge in [-0.25, -0.2) is 0 Å². The van der Waals surface area contributed by atoms with Crippen molar-refractivity contribution in [1.29, 1.82) is 0 Å². The van der Waals surface area contributed by atoms with Gasteiger partial charge in [0, 0.05) is 44.3 Å². The lowest BCUT2D eigenvalue weighted by Gasteiger charge is -2.03. The Kier molecular flexibility index (Phi) is 4.12. The number of rotatable bonds is 0. The second-order valence-corrected chi connectivity index (χ2v) is 5.58. The second-order valence-electron chi connectivity index (χ2n) is 5.58. The van der Waals surface area contributed by atoms with Crippen molar-refractivity contribution in [3.63, 3.8) is 0 Å². The SMILES string of the molecule is Nc1ccc(N)c2ccccc12.Nc1ccc(N)c2ccccc12. The summed E-state index contributed by atoms with van der Waals surface area (Å²) >= 11 is 0. The van der Waals surface area contributed by atoms with Crippen molar-refractivity contribution in [1.82, 2.24) is 0 Å². The highest BCUT2D eigenvalue weighted by atomic mass is 14.6. The molecule has 4 aromatic carbocycles. The van der Waals surface area contributed by atoms with E-state index in [1.165, 1.54) is 0 Å². The van der Waals surface area contributed by atoms with Gasteiger partial charge in [-0.1, -0.05) is 48.5 Å². The Labute approximate surface area is 140 Å². The minimum absolute atomic E-state index is 0.778. The molecule has 0 saturated heterocycles. The molecule has 8 N–H and O–H groups in total. The number of nitrogens with two attached hydrogens (primary N) is 4. The van der Waals surface area contributed by atoms with Gasteiger partial charge >= 0.3 is 0 Å². The largest absolute Gasteiger partial charge is 0.398 e. The highest BCUT2D eigenvalue weighted by Crippen LogP contribution is 2.26. The molecule has 0 atom stereocenters. The molecule has 0 aliphatic rings. The van der Waals surface area contributed by atoms with Gasteiger partial charge in [0.1, 0.15) is 0 Å². The molecule has 0 aliphatic heterocycles. The molecule has 0 unspecified atom stereocenters. The van der Waals surface area contributed by atoms with Gasteiger partial charge < -0.3 is 22.9 Å². The van der Waals surface area contributed by atoms with Crippen molar-refractivity contribution in [2.45, 2.75) is 0 Å². The molecule has 4 aromatic rings. The molecule has 0 fully saturated rings. The average Bonchev–Trinajstić information content (AvgIpc) is 2.63. The maximum absolute atomic E-state index is 5.77. The molecule has 0 amide bonds. The zero-order valence-corrected chi connectivity index (χ0v) is 13.2. The van der Waals surface area contributed by atoms with Crippen LogP contribution < -0.4 is 22.9 Å². The maximum Gasteiger partial charge on any atom is 0.0395 e. The van der Waals surface area contributed by atoms with Gasteiger partial charge in [-0.05, 0) is 24.3 Å². The van der Waals surface area contributed by atoms with Gasteiger partial charge in [0.05, 0.1) is 0 Å². The first-order valence-corrected chi connectivity index (χ1v) is 7.63. The highest BCUT2D eigenvalue weighted by molar-refractivity contribution is 6.01. The van der Waals surface area contributed by atoms with E-state index in [1.807, 2.05) is 72.8 Å². The van der Waals surface area contributed by atoms with Gasteiger partial charge in [-0.2, -0.15) is 0 Å². The van der Waals surface area contributed by atoms with E-state index < -0.39 is 0 Å². The zero-order chi connectivity index (χ0) is 17.1. The van der Waals surface area contributed by atoms with Crippen LogP contribution in [-0.2, 0) is 0 Å². The first-order valence-electron chi connectivity index (χ1n) is 7.63. The molecule has 0 aromatic heterocycles. The zero-order valence-electron chi connectivity index (χ0n) is 13.2. The number of fused-ring (bicyclic) bond motifs is 2. The fraction of sp³-hybridized carbons (Fsp3) is 0. The predicted octanol–water partition coefficient (Wildman–Crippen LogP) is 4.01. The molecule has 0 heterocycles. The van der Waals surface area contributed by atoms with Gasteiger partial charge in [-0.15, -0.1) is 0 Å². The topological polar surface area (TPSA) is 104 Å². The summed E-state index contributed by atoms with van der Waals surface area (Å²) in [4.78, 5) is 0. The van der Waals surface area contributed by atoms with E-state index >= 15 is 0 Å². The summed E-state index contributed by atoms with van der Waals surface area (Å²) in [7, 11) is 0. The van der Waals surface area contributed by atoms with Crippen molar-refractivity contribution in [3.05, 3.63) is 72.8 Å². The van der Waals surface area contributed by atoms with E-state index in [0.717, 1.165) is 44.3 Å². The van der Waals surface area contributed by atoms with Crippen molar-refractivity contribution < 1.29 is 0 Å². The Morgan fingerprint density at radius 1 is 0.333 bits per heavy atom. The summed E-state index contributed by atoms with van der Waals surface area (Å²) in [5.74, 6) is 0. The van der Waals surface area contributed by atoms with Crippen LogP contribution in [0.5, 0.6) is 0 Å². The summed E-state index contributed by atoms with van der Waals surface area (Å²) in [5.41, 5.74) is 26.2. The maximum atomic E-state index is 5.77. The normalized spacial score (nSPS) is 10.3. The van der Waals surface area contributed by atoms with Crippen molar-refractivity contribution in [2.24, 2.45) is 0 Å². The highest BCUT2D eigenvalue weighted by Gasteiger charge is 1.99. The van der Waals surface area contributed by atoms with Crippen LogP contribution in [0.3, 0.4) is 0 Å². The van der Waals surface area contributed by atoms with Crippen molar-refractivity contribution in [2.75, 3.05) is 22.9 Å². The molecule has 120 valence electrons. The van der Waals surface area contributed by atoms with E-state index in [2.05, 4.69) is 0 Å². The third-order valence-corrected chi connectivity index (χ3v) is 3.98. The lowest BCUT2D eigenvalue weighted by atomic mass is 10.1. The lowest BCUT2D eigenvalue weighted by molar-refractivity contribution is 1.71. The van der Waals surface area contributed by atoms with E-state index in [4.69, 9.17) is 22.9 Å². The van der Waals surface area contributed by atoms with E-state index in [9.17, 15) is 0 Å². The predicted molar refractivity (Wildman–Crippen MR) is 106 cm³/mol. The van der Waals surface area contributed by atoms with E-state index in [1.54, 1.807) is 0 Å². The molecular weight excluding hydrogens is 296 g/mol. The van der Waals surface area contributed by atoms with Crippen LogP contribution in [0.15, 0.2) is 72.8 Å². The average molecular weight is 316 g/mol. The summed E-state index contributed by atoms with van der Waals surface area (Å²) in [6, 6.07) is 23.0. The van der Waals surface area contributed by atoms with Crippen LogP contribution in [0.1, 0.15) is 0 Å². The number of anilines is 4. The summed E-state index contributed by atoms with van der Waals surface area (Å²) in [6.45, 7) is 0. The summed E-state index contributed by atoms with van der Waals surface area (Å²) in [6.07, 6.45) is 0. The number of nitrogen functional groups attached to an aromatic ring is 4. The van der Waals surface area contributed by atoms with Gasteiger partial charge in [-0.3, -0.25) is 0 Å². The van der Waals surface area contributed by atoms with Crippen LogP contribution in [0.4, 0.5) is 22.7 Å². The molecule has 4 heteroatoms. The molecule has 0 spiro atoms. The quantitative estimate of drug-likeness (QED) is 0.368. The molecule has 0 bridgehead atoms. The van der Waals surface area contributed by atoms with Crippen LogP contribution in [0.2, 0.25) is 0 Å². The molecule has 0 radical (unpaired) electrons. The smallest absolute Gasteiger partial charge is 0.0395 e. The standard InChI is InChI=1S/2C10H10N2/c2*11-9-5-6-10(12)8-4-2-1-3-7(8)9/h2*1-6H,11-12H2. The Morgan fingerprint density at radius 2 is 0.542 bits per heavy atom. The molecule has 0 aliphatic carbocycles. The number of hydrogen-bond acceptors (Lipinski definition) is 4. The first-order chi connectivity index (χ1) is 11.6. The van der Waals surface area contributed by atoms with E-state index in [-0.39, 0.29) is 0 Å². The van der Waals surface area contributed by atoms with E-state index in [0.29, 0.717) is 0 Å². The molecule has 4 rings (SSSR count). The van der Waals surface area contributed by atoms with Crippen LogP contribution in [-0.4, -0.2) is 0 Å². The number of benzene rings is 4. The first kappa shape index (κ1) is 15.5. The van der Waals surface area contributed by atoms with Crippen molar-refractivity contribution >= 4 is 44.3 Å². The monoisotopic (exact) mass is 316 g/mol.